The monoisotopic (exact) mass is 360 g/mol. The second kappa shape index (κ2) is 8.94. The van der Waals surface area contributed by atoms with Crippen molar-refractivity contribution in [1.29, 1.82) is 0 Å². The summed E-state index contributed by atoms with van der Waals surface area (Å²) in [5.41, 5.74) is 3.88. The Morgan fingerprint density at radius 1 is 0.926 bits per heavy atom. The summed E-state index contributed by atoms with van der Waals surface area (Å²) >= 11 is 0. The molecule has 0 saturated heterocycles. The van der Waals surface area contributed by atoms with Crippen LogP contribution in [0.25, 0.3) is 0 Å². The number of hydrogen-bond acceptors (Lipinski definition) is 4. The summed E-state index contributed by atoms with van der Waals surface area (Å²) in [5, 5.41) is 6.19. The van der Waals surface area contributed by atoms with Crippen LogP contribution in [0.5, 0.6) is 0 Å². The van der Waals surface area contributed by atoms with Gasteiger partial charge in [0, 0.05) is 19.2 Å². The number of carbonyl (C=O) groups excluding carboxylic acids is 1. The SMILES string of the molecule is Cc1ccc(CNC(=O)c2cc(NCCc3ccccc3)nc(C)n2)cc1. The largest absolute Gasteiger partial charge is 0.370 e. The maximum absolute atomic E-state index is 12.5. The third-order valence-corrected chi connectivity index (χ3v) is 4.21. The van der Waals surface area contributed by atoms with Crippen LogP contribution < -0.4 is 10.6 Å². The van der Waals surface area contributed by atoms with E-state index in [9.17, 15) is 4.79 Å². The molecule has 1 heterocycles. The Morgan fingerprint density at radius 3 is 2.41 bits per heavy atom. The van der Waals surface area contributed by atoms with Crippen LogP contribution in [-0.4, -0.2) is 22.4 Å². The summed E-state index contributed by atoms with van der Waals surface area (Å²) in [7, 11) is 0. The molecule has 3 rings (SSSR count). The molecule has 0 radical (unpaired) electrons. The van der Waals surface area contributed by atoms with E-state index in [1.165, 1.54) is 11.1 Å². The molecule has 27 heavy (non-hydrogen) atoms. The maximum atomic E-state index is 12.5. The number of nitrogens with one attached hydrogen (secondary N) is 2. The van der Waals surface area contributed by atoms with Crippen LogP contribution in [0.4, 0.5) is 5.82 Å². The molecule has 0 spiro atoms. The zero-order valence-corrected chi connectivity index (χ0v) is 15.7. The Hall–Kier alpha value is -3.21. The van der Waals surface area contributed by atoms with Gasteiger partial charge in [0.05, 0.1) is 0 Å². The van der Waals surface area contributed by atoms with Crippen molar-refractivity contribution in [3.05, 3.63) is 88.9 Å². The fraction of sp³-hybridized carbons (Fsp3) is 0.227. The van der Waals surface area contributed by atoms with Crippen LogP contribution in [0.1, 0.15) is 33.0 Å². The van der Waals surface area contributed by atoms with Crippen LogP contribution >= 0.6 is 0 Å². The lowest BCUT2D eigenvalue weighted by molar-refractivity contribution is 0.0945. The molecule has 5 heteroatoms. The van der Waals surface area contributed by atoms with E-state index in [-0.39, 0.29) is 5.91 Å². The van der Waals surface area contributed by atoms with E-state index in [1.54, 1.807) is 13.0 Å². The number of amides is 1. The van der Waals surface area contributed by atoms with Crippen LogP contribution in [-0.2, 0) is 13.0 Å². The first-order chi connectivity index (χ1) is 13.1. The fourth-order valence-corrected chi connectivity index (χ4v) is 2.73. The maximum Gasteiger partial charge on any atom is 0.270 e. The quantitative estimate of drug-likeness (QED) is 0.674. The minimum Gasteiger partial charge on any atom is -0.370 e. The van der Waals surface area contributed by atoms with Crippen molar-refractivity contribution in [2.75, 3.05) is 11.9 Å². The van der Waals surface area contributed by atoms with Crippen LogP contribution in [0, 0.1) is 13.8 Å². The van der Waals surface area contributed by atoms with E-state index in [2.05, 4.69) is 32.7 Å². The topological polar surface area (TPSA) is 66.9 Å². The van der Waals surface area contributed by atoms with Crippen molar-refractivity contribution in [1.82, 2.24) is 15.3 Å². The Morgan fingerprint density at radius 2 is 1.67 bits per heavy atom. The molecule has 5 nitrogen and oxygen atoms in total. The molecule has 138 valence electrons. The van der Waals surface area contributed by atoms with Gasteiger partial charge >= 0.3 is 0 Å². The number of rotatable bonds is 7. The number of anilines is 1. The molecule has 0 saturated carbocycles. The van der Waals surface area contributed by atoms with E-state index in [0.717, 1.165) is 18.5 Å². The molecule has 1 amide bonds. The molecular weight excluding hydrogens is 336 g/mol. The highest BCUT2D eigenvalue weighted by Gasteiger charge is 2.10. The number of aryl methyl sites for hydroxylation is 2. The molecular formula is C22H24N4O. The van der Waals surface area contributed by atoms with Gasteiger partial charge in [-0.2, -0.15) is 0 Å². The Kier molecular flexibility index (Phi) is 6.15. The van der Waals surface area contributed by atoms with Crippen molar-refractivity contribution in [3.63, 3.8) is 0 Å². The third-order valence-electron chi connectivity index (χ3n) is 4.21. The van der Waals surface area contributed by atoms with E-state index < -0.39 is 0 Å². The fourth-order valence-electron chi connectivity index (χ4n) is 2.73. The van der Waals surface area contributed by atoms with E-state index in [1.807, 2.05) is 49.4 Å². The van der Waals surface area contributed by atoms with Crippen LogP contribution in [0.2, 0.25) is 0 Å². The highest BCUT2D eigenvalue weighted by Crippen LogP contribution is 2.09. The lowest BCUT2D eigenvalue weighted by Gasteiger charge is -2.09. The lowest BCUT2D eigenvalue weighted by atomic mass is 10.1. The minimum absolute atomic E-state index is 0.202. The number of hydrogen-bond donors (Lipinski definition) is 2. The average Bonchev–Trinajstić information content (AvgIpc) is 2.68. The second-order valence-electron chi connectivity index (χ2n) is 6.52. The zero-order chi connectivity index (χ0) is 19.1. The number of carbonyl (C=O) groups is 1. The lowest BCUT2D eigenvalue weighted by Crippen LogP contribution is -2.24. The molecule has 0 fully saturated rings. The van der Waals surface area contributed by atoms with Crippen molar-refractivity contribution in [3.8, 4) is 0 Å². The summed E-state index contributed by atoms with van der Waals surface area (Å²) < 4.78 is 0. The number of nitrogens with zero attached hydrogens (tertiary/aromatic N) is 2. The highest BCUT2D eigenvalue weighted by molar-refractivity contribution is 5.92. The van der Waals surface area contributed by atoms with E-state index >= 15 is 0 Å². The molecule has 0 aliphatic carbocycles. The van der Waals surface area contributed by atoms with Gasteiger partial charge in [-0.1, -0.05) is 60.2 Å². The van der Waals surface area contributed by atoms with Gasteiger partial charge < -0.3 is 10.6 Å². The van der Waals surface area contributed by atoms with Crippen LogP contribution in [0.15, 0.2) is 60.7 Å². The molecule has 0 aliphatic rings. The van der Waals surface area contributed by atoms with Gasteiger partial charge in [-0.15, -0.1) is 0 Å². The van der Waals surface area contributed by atoms with Crippen molar-refractivity contribution < 1.29 is 4.79 Å². The summed E-state index contributed by atoms with van der Waals surface area (Å²) in [5.74, 6) is 1.03. The van der Waals surface area contributed by atoms with Gasteiger partial charge in [0.25, 0.3) is 5.91 Å². The van der Waals surface area contributed by atoms with Crippen molar-refractivity contribution >= 4 is 11.7 Å². The smallest absolute Gasteiger partial charge is 0.270 e. The first-order valence-corrected chi connectivity index (χ1v) is 9.07. The Balaban J connectivity index is 1.58. The Labute approximate surface area is 159 Å². The third kappa shape index (κ3) is 5.64. The molecule has 1 aromatic heterocycles. The summed E-state index contributed by atoms with van der Waals surface area (Å²) in [4.78, 5) is 21.1. The minimum atomic E-state index is -0.202. The van der Waals surface area contributed by atoms with Gasteiger partial charge in [-0.3, -0.25) is 4.79 Å². The normalized spacial score (nSPS) is 10.4. The summed E-state index contributed by atoms with van der Waals surface area (Å²) in [6.07, 6.45) is 0.888. The van der Waals surface area contributed by atoms with Gasteiger partial charge in [-0.05, 0) is 31.4 Å². The van der Waals surface area contributed by atoms with E-state index in [4.69, 9.17) is 0 Å². The predicted molar refractivity (Wildman–Crippen MR) is 108 cm³/mol. The first kappa shape index (κ1) is 18.6. The second-order valence-corrected chi connectivity index (χ2v) is 6.52. The average molecular weight is 360 g/mol. The van der Waals surface area contributed by atoms with Gasteiger partial charge in [0.15, 0.2) is 0 Å². The van der Waals surface area contributed by atoms with Gasteiger partial charge in [0.1, 0.15) is 17.3 Å². The zero-order valence-electron chi connectivity index (χ0n) is 15.7. The van der Waals surface area contributed by atoms with Crippen molar-refractivity contribution in [2.45, 2.75) is 26.8 Å². The van der Waals surface area contributed by atoms with Gasteiger partial charge in [-0.25, -0.2) is 9.97 Å². The standard InChI is InChI=1S/C22H24N4O/c1-16-8-10-19(11-9-16)15-24-22(27)20-14-21(26-17(2)25-20)23-13-12-18-6-4-3-5-7-18/h3-11,14H,12-13,15H2,1-2H3,(H,24,27)(H,23,25,26). The molecule has 3 aromatic rings. The molecule has 2 aromatic carbocycles. The van der Waals surface area contributed by atoms with Crippen molar-refractivity contribution in [2.24, 2.45) is 0 Å². The highest BCUT2D eigenvalue weighted by atomic mass is 16.1. The number of benzene rings is 2. The van der Waals surface area contributed by atoms with Crippen LogP contribution in [0.3, 0.4) is 0 Å². The Bertz CT molecular complexity index is 892. The van der Waals surface area contributed by atoms with E-state index in [0.29, 0.717) is 23.9 Å². The predicted octanol–water partition coefficient (Wildman–Crippen LogP) is 3.68. The molecule has 0 unspecified atom stereocenters. The molecule has 0 bridgehead atoms. The summed E-state index contributed by atoms with van der Waals surface area (Å²) in [6, 6.07) is 20.0. The number of aromatic nitrogens is 2. The molecule has 0 atom stereocenters. The molecule has 2 N–H and O–H groups in total. The summed E-state index contributed by atoms with van der Waals surface area (Å²) in [6.45, 7) is 5.04. The van der Waals surface area contributed by atoms with Gasteiger partial charge in [0.2, 0.25) is 0 Å². The first-order valence-electron chi connectivity index (χ1n) is 9.07. The molecule has 0 aliphatic heterocycles.